The molecular formula is C17H17N3O3S. The minimum atomic E-state index is -0.343. The van der Waals surface area contributed by atoms with Crippen LogP contribution in [0, 0.1) is 10.1 Å². The standard InChI is InChI=1S/C17H17N3O3S/c1-23-11-10-19-16-9-5-3-7-14(16)18-17(19)24-12-13-6-2-4-8-15(13)20(21)22/h2-9H,10-12H2,1H3. The van der Waals surface area contributed by atoms with Gasteiger partial charge in [-0.15, -0.1) is 0 Å². The first-order valence-electron chi connectivity index (χ1n) is 7.50. The highest BCUT2D eigenvalue weighted by atomic mass is 32.2. The molecular weight excluding hydrogens is 326 g/mol. The van der Waals surface area contributed by atoms with E-state index in [1.165, 1.54) is 17.8 Å². The van der Waals surface area contributed by atoms with Gasteiger partial charge in [0.15, 0.2) is 5.16 Å². The third kappa shape index (κ3) is 3.42. The summed E-state index contributed by atoms with van der Waals surface area (Å²) >= 11 is 1.50. The molecule has 2 aromatic carbocycles. The molecule has 0 amide bonds. The van der Waals surface area contributed by atoms with Crippen LogP contribution in [0.2, 0.25) is 0 Å². The molecule has 0 saturated heterocycles. The highest BCUT2D eigenvalue weighted by Gasteiger charge is 2.15. The number of nitro benzene ring substituents is 1. The molecule has 0 atom stereocenters. The van der Waals surface area contributed by atoms with Gasteiger partial charge in [-0.1, -0.05) is 42.1 Å². The Morgan fingerprint density at radius 2 is 1.96 bits per heavy atom. The number of nitro groups is 1. The Labute approximate surface area is 143 Å². The predicted molar refractivity (Wildman–Crippen MR) is 94.3 cm³/mol. The Morgan fingerprint density at radius 3 is 2.75 bits per heavy atom. The molecule has 0 aliphatic rings. The van der Waals surface area contributed by atoms with Gasteiger partial charge in [0.2, 0.25) is 0 Å². The largest absolute Gasteiger partial charge is 0.383 e. The summed E-state index contributed by atoms with van der Waals surface area (Å²) in [6, 6.07) is 14.7. The Morgan fingerprint density at radius 1 is 1.21 bits per heavy atom. The van der Waals surface area contributed by atoms with E-state index in [1.54, 1.807) is 19.2 Å². The van der Waals surface area contributed by atoms with Crippen molar-refractivity contribution >= 4 is 28.5 Å². The smallest absolute Gasteiger partial charge is 0.273 e. The van der Waals surface area contributed by atoms with Crippen molar-refractivity contribution in [2.45, 2.75) is 17.5 Å². The summed E-state index contributed by atoms with van der Waals surface area (Å²) in [6.07, 6.45) is 0. The lowest BCUT2D eigenvalue weighted by Gasteiger charge is -2.08. The molecule has 0 saturated carbocycles. The molecule has 0 unspecified atom stereocenters. The van der Waals surface area contributed by atoms with E-state index in [9.17, 15) is 10.1 Å². The van der Waals surface area contributed by atoms with Crippen LogP contribution in [-0.4, -0.2) is 28.2 Å². The van der Waals surface area contributed by atoms with E-state index >= 15 is 0 Å². The number of methoxy groups -OCH3 is 1. The van der Waals surface area contributed by atoms with Crippen LogP contribution >= 0.6 is 11.8 Å². The van der Waals surface area contributed by atoms with Crippen LogP contribution in [0.25, 0.3) is 11.0 Å². The van der Waals surface area contributed by atoms with Crippen LogP contribution in [0.4, 0.5) is 5.69 Å². The summed E-state index contributed by atoms with van der Waals surface area (Å²) in [4.78, 5) is 15.5. The van der Waals surface area contributed by atoms with Crippen LogP contribution < -0.4 is 0 Å². The maximum atomic E-state index is 11.1. The fourth-order valence-electron chi connectivity index (χ4n) is 2.52. The molecule has 6 nitrogen and oxygen atoms in total. The van der Waals surface area contributed by atoms with Gasteiger partial charge in [-0.05, 0) is 12.1 Å². The molecule has 0 aliphatic heterocycles. The monoisotopic (exact) mass is 343 g/mol. The molecule has 1 heterocycles. The lowest BCUT2D eigenvalue weighted by molar-refractivity contribution is -0.385. The quantitative estimate of drug-likeness (QED) is 0.370. The Bertz CT molecular complexity index is 863. The minimum absolute atomic E-state index is 0.143. The second-order valence-electron chi connectivity index (χ2n) is 5.20. The normalized spacial score (nSPS) is 11.0. The van der Waals surface area contributed by atoms with Crippen LogP contribution in [0.15, 0.2) is 53.7 Å². The molecule has 0 bridgehead atoms. The number of hydrogen-bond acceptors (Lipinski definition) is 5. The second-order valence-corrected chi connectivity index (χ2v) is 6.14. The van der Waals surface area contributed by atoms with Crippen molar-refractivity contribution in [2.24, 2.45) is 0 Å². The molecule has 1 aromatic heterocycles. The van der Waals surface area contributed by atoms with Crippen molar-refractivity contribution in [1.29, 1.82) is 0 Å². The summed E-state index contributed by atoms with van der Waals surface area (Å²) in [5.41, 5.74) is 2.79. The number of thioether (sulfide) groups is 1. The maximum absolute atomic E-state index is 11.1. The number of fused-ring (bicyclic) bond motifs is 1. The SMILES string of the molecule is COCCn1c(SCc2ccccc2[N+](=O)[O-])nc2ccccc21. The number of rotatable bonds is 7. The maximum Gasteiger partial charge on any atom is 0.273 e. The van der Waals surface area contributed by atoms with Crippen molar-refractivity contribution in [3.8, 4) is 0 Å². The zero-order chi connectivity index (χ0) is 16.9. The molecule has 124 valence electrons. The van der Waals surface area contributed by atoms with Crippen LogP contribution in [0.3, 0.4) is 0 Å². The highest BCUT2D eigenvalue weighted by molar-refractivity contribution is 7.98. The summed E-state index contributed by atoms with van der Waals surface area (Å²) in [5, 5.41) is 12.0. The number of hydrogen-bond donors (Lipinski definition) is 0. The second kappa shape index (κ2) is 7.46. The third-order valence-electron chi connectivity index (χ3n) is 3.68. The summed E-state index contributed by atoms with van der Waals surface area (Å²) in [6.45, 7) is 1.27. The van der Waals surface area contributed by atoms with Gasteiger partial charge in [0.25, 0.3) is 5.69 Å². The fraction of sp³-hybridized carbons (Fsp3) is 0.235. The van der Waals surface area contributed by atoms with E-state index in [1.807, 2.05) is 30.3 Å². The molecule has 0 N–H and O–H groups in total. The highest BCUT2D eigenvalue weighted by Crippen LogP contribution is 2.29. The van der Waals surface area contributed by atoms with Gasteiger partial charge in [-0.25, -0.2) is 4.98 Å². The number of imidazole rings is 1. The van der Waals surface area contributed by atoms with Gasteiger partial charge in [0, 0.05) is 31.0 Å². The first-order chi connectivity index (χ1) is 11.7. The Hall–Kier alpha value is -2.38. The summed E-state index contributed by atoms with van der Waals surface area (Å²) in [7, 11) is 1.67. The summed E-state index contributed by atoms with van der Waals surface area (Å²) < 4.78 is 7.28. The van der Waals surface area contributed by atoms with E-state index in [2.05, 4.69) is 9.55 Å². The van der Waals surface area contributed by atoms with Crippen molar-refractivity contribution in [3.05, 3.63) is 64.2 Å². The zero-order valence-electron chi connectivity index (χ0n) is 13.2. The molecule has 24 heavy (non-hydrogen) atoms. The van der Waals surface area contributed by atoms with E-state index < -0.39 is 0 Å². The van der Waals surface area contributed by atoms with Gasteiger partial charge in [-0.2, -0.15) is 0 Å². The van der Waals surface area contributed by atoms with Crippen molar-refractivity contribution in [1.82, 2.24) is 9.55 Å². The number of ether oxygens (including phenoxy) is 1. The Kier molecular flexibility index (Phi) is 5.12. The van der Waals surface area contributed by atoms with Gasteiger partial charge in [0.05, 0.1) is 22.6 Å². The predicted octanol–water partition coefficient (Wildman–Crippen LogP) is 3.88. The number of nitrogens with zero attached hydrogens (tertiary/aromatic N) is 3. The van der Waals surface area contributed by atoms with Gasteiger partial charge in [0.1, 0.15) is 0 Å². The number of benzene rings is 2. The van der Waals surface area contributed by atoms with Gasteiger partial charge >= 0.3 is 0 Å². The Balaban J connectivity index is 1.89. The molecule has 3 rings (SSSR count). The van der Waals surface area contributed by atoms with Crippen LogP contribution in [0.5, 0.6) is 0 Å². The molecule has 0 fully saturated rings. The lowest BCUT2D eigenvalue weighted by atomic mass is 10.2. The molecule has 0 spiro atoms. The zero-order valence-corrected chi connectivity index (χ0v) is 14.0. The van der Waals surface area contributed by atoms with Gasteiger partial charge < -0.3 is 9.30 Å². The van der Waals surface area contributed by atoms with E-state index in [4.69, 9.17) is 4.74 Å². The van der Waals surface area contributed by atoms with Crippen LogP contribution in [-0.2, 0) is 17.0 Å². The molecule has 3 aromatic rings. The van der Waals surface area contributed by atoms with E-state index in [0.717, 1.165) is 16.2 Å². The molecule has 0 aliphatic carbocycles. The van der Waals surface area contributed by atoms with Crippen molar-refractivity contribution in [3.63, 3.8) is 0 Å². The van der Waals surface area contributed by atoms with E-state index in [-0.39, 0.29) is 10.6 Å². The number of para-hydroxylation sites is 3. The van der Waals surface area contributed by atoms with Crippen molar-refractivity contribution in [2.75, 3.05) is 13.7 Å². The molecule has 7 heteroatoms. The minimum Gasteiger partial charge on any atom is -0.383 e. The number of aromatic nitrogens is 2. The third-order valence-corrected chi connectivity index (χ3v) is 4.71. The van der Waals surface area contributed by atoms with Crippen LogP contribution in [0.1, 0.15) is 5.56 Å². The summed E-state index contributed by atoms with van der Waals surface area (Å²) in [5.74, 6) is 0.494. The topological polar surface area (TPSA) is 70.2 Å². The van der Waals surface area contributed by atoms with Crippen molar-refractivity contribution < 1.29 is 9.66 Å². The molecule has 0 radical (unpaired) electrons. The fourth-order valence-corrected chi connectivity index (χ4v) is 3.55. The average Bonchev–Trinajstić information content (AvgIpc) is 2.95. The lowest BCUT2D eigenvalue weighted by Crippen LogP contribution is -2.05. The van der Waals surface area contributed by atoms with Gasteiger partial charge in [-0.3, -0.25) is 10.1 Å². The first-order valence-corrected chi connectivity index (χ1v) is 8.48. The first kappa shape index (κ1) is 16.5. The van der Waals surface area contributed by atoms with E-state index in [0.29, 0.717) is 24.5 Å². The average molecular weight is 343 g/mol.